The summed E-state index contributed by atoms with van der Waals surface area (Å²) < 4.78 is 13.1. The van der Waals surface area contributed by atoms with Crippen LogP contribution < -0.4 is 5.32 Å². The van der Waals surface area contributed by atoms with Gasteiger partial charge in [-0.1, -0.05) is 18.0 Å². The van der Waals surface area contributed by atoms with Gasteiger partial charge in [0.25, 0.3) is 0 Å². The molecule has 1 aromatic rings. The molecule has 17 heavy (non-hydrogen) atoms. The van der Waals surface area contributed by atoms with Crippen molar-refractivity contribution in [3.63, 3.8) is 0 Å². The predicted molar refractivity (Wildman–Crippen MR) is 73.2 cm³/mol. The Labute approximate surface area is 111 Å². The van der Waals surface area contributed by atoms with Crippen molar-refractivity contribution in [1.29, 1.82) is 0 Å². The van der Waals surface area contributed by atoms with Crippen LogP contribution >= 0.6 is 23.4 Å². The zero-order chi connectivity index (χ0) is 12.3. The molecule has 0 amide bonds. The first-order chi connectivity index (χ1) is 8.20. The van der Waals surface area contributed by atoms with Crippen molar-refractivity contribution in [2.24, 2.45) is 0 Å². The van der Waals surface area contributed by atoms with E-state index in [9.17, 15) is 4.39 Å². The molecule has 0 aromatic heterocycles. The van der Waals surface area contributed by atoms with Gasteiger partial charge in [0, 0.05) is 22.9 Å². The van der Waals surface area contributed by atoms with Gasteiger partial charge in [0.2, 0.25) is 0 Å². The summed E-state index contributed by atoms with van der Waals surface area (Å²) in [6, 6.07) is 5.06. The predicted octanol–water partition coefficient (Wildman–Crippen LogP) is 3.85. The molecule has 94 valence electrons. The van der Waals surface area contributed by atoms with Crippen LogP contribution in [0.2, 0.25) is 5.02 Å². The highest BCUT2D eigenvalue weighted by atomic mass is 35.5. The highest BCUT2D eigenvalue weighted by Crippen LogP contribution is 2.29. The summed E-state index contributed by atoms with van der Waals surface area (Å²) in [5, 5.41) is 4.81. The van der Waals surface area contributed by atoms with Gasteiger partial charge in [-0.2, -0.15) is 11.8 Å². The molecule has 1 aliphatic carbocycles. The number of halogens is 2. The first-order valence-corrected chi connectivity index (χ1v) is 7.57. The van der Waals surface area contributed by atoms with Crippen LogP contribution in [0.1, 0.15) is 24.8 Å². The maximum absolute atomic E-state index is 13.1. The van der Waals surface area contributed by atoms with Crippen molar-refractivity contribution in [2.75, 3.05) is 6.26 Å². The Morgan fingerprint density at radius 1 is 1.47 bits per heavy atom. The van der Waals surface area contributed by atoms with Crippen LogP contribution in [-0.4, -0.2) is 17.5 Å². The van der Waals surface area contributed by atoms with Gasteiger partial charge in [-0.05, 0) is 42.9 Å². The second-order valence-electron chi connectivity index (χ2n) is 4.43. The molecule has 1 nitrogen and oxygen atoms in total. The van der Waals surface area contributed by atoms with E-state index in [1.54, 1.807) is 6.07 Å². The fourth-order valence-electron chi connectivity index (χ4n) is 2.36. The highest BCUT2D eigenvalue weighted by Gasteiger charge is 2.25. The number of benzene rings is 1. The molecule has 2 atom stereocenters. The molecule has 0 heterocycles. The zero-order valence-electron chi connectivity index (χ0n) is 9.88. The van der Waals surface area contributed by atoms with Crippen molar-refractivity contribution in [2.45, 2.75) is 37.1 Å². The summed E-state index contributed by atoms with van der Waals surface area (Å²) in [7, 11) is 0. The van der Waals surface area contributed by atoms with E-state index in [-0.39, 0.29) is 5.82 Å². The third-order valence-electron chi connectivity index (χ3n) is 3.32. The molecular weight excluding hydrogens is 257 g/mol. The first-order valence-electron chi connectivity index (χ1n) is 5.91. The lowest BCUT2D eigenvalue weighted by molar-refractivity contribution is 0.530. The average molecular weight is 274 g/mol. The van der Waals surface area contributed by atoms with Crippen molar-refractivity contribution in [1.82, 2.24) is 5.32 Å². The molecule has 2 rings (SSSR count). The maximum Gasteiger partial charge on any atom is 0.123 e. The third kappa shape index (κ3) is 3.36. The molecule has 1 N–H and O–H groups in total. The van der Waals surface area contributed by atoms with Crippen LogP contribution in [0.15, 0.2) is 18.2 Å². The van der Waals surface area contributed by atoms with Crippen LogP contribution in [0.25, 0.3) is 0 Å². The summed E-state index contributed by atoms with van der Waals surface area (Å²) in [5.74, 6) is -0.223. The van der Waals surface area contributed by atoms with Crippen molar-refractivity contribution in [3.8, 4) is 0 Å². The molecule has 0 bridgehead atoms. The molecule has 2 unspecified atom stereocenters. The number of hydrogen-bond acceptors (Lipinski definition) is 2. The minimum atomic E-state index is -0.223. The highest BCUT2D eigenvalue weighted by molar-refractivity contribution is 7.99. The van der Waals surface area contributed by atoms with Gasteiger partial charge < -0.3 is 5.32 Å². The van der Waals surface area contributed by atoms with E-state index in [2.05, 4.69) is 11.6 Å². The van der Waals surface area contributed by atoms with E-state index < -0.39 is 0 Å². The summed E-state index contributed by atoms with van der Waals surface area (Å²) in [4.78, 5) is 0. The van der Waals surface area contributed by atoms with Gasteiger partial charge in [0.15, 0.2) is 0 Å². The molecule has 0 aliphatic heterocycles. The zero-order valence-corrected chi connectivity index (χ0v) is 11.5. The van der Waals surface area contributed by atoms with E-state index in [1.807, 2.05) is 11.8 Å². The Morgan fingerprint density at radius 2 is 2.29 bits per heavy atom. The molecule has 0 spiro atoms. The molecule has 1 aromatic carbocycles. The van der Waals surface area contributed by atoms with Crippen LogP contribution in [0.5, 0.6) is 0 Å². The summed E-state index contributed by atoms with van der Waals surface area (Å²) in [5.41, 5.74) is 0.846. The van der Waals surface area contributed by atoms with Gasteiger partial charge in [0.1, 0.15) is 5.82 Å². The van der Waals surface area contributed by atoms with Gasteiger partial charge in [0.05, 0.1) is 0 Å². The Hall–Kier alpha value is -0.250. The van der Waals surface area contributed by atoms with Crippen LogP contribution in [0, 0.1) is 5.82 Å². The van der Waals surface area contributed by atoms with E-state index >= 15 is 0 Å². The third-order valence-corrected chi connectivity index (χ3v) is 4.86. The lowest BCUT2D eigenvalue weighted by Gasteiger charge is -2.19. The Bertz CT molecular complexity index is 386. The van der Waals surface area contributed by atoms with E-state index in [4.69, 9.17) is 11.6 Å². The second-order valence-corrected chi connectivity index (χ2v) is 5.91. The Balaban J connectivity index is 1.95. The van der Waals surface area contributed by atoms with Crippen LogP contribution in [0.3, 0.4) is 0 Å². The fraction of sp³-hybridized carbons (Fsp3) is 0.538. The molecular formula is C13H17ClFNS. The van der Waals surface area contributed by atoms with Gasteiger partial charge >= 0.3 is 0 Å². The van der Waals surface area contributed by atoms with Crippen LogP contribution in [-0.2, 0) is 6.54 Å². The van der Waals surface area contributed by atoms with Crippen molar-refractivity contribution < 1.29 is 4.39 Å². The minimum absolute atomic E-state index is 0.223. The summed E-state index contributed by atoms with van der Waals surface area (Å²) in [6.07, 6.45) is 5.91. The molecule has 1 saturated carbocycles. The lowest BCUT2D eigenvalue weighted by Crippen LogP contribution is -2.33. The van der Waals surface area contributed by atoms with E-state index in [1.165, 1.54) is 31.4 Å². The topological polar surface area (TPSA) is 12.0 Å². The molecule has 0 radical (unpaired) electrons. The van der Waals surface area contributed by atoms with Gasteiger partial charge in [-0.15, -0.1) is 0 Å². The van der Waals surface area contributed by atoms with Gasteiger partial charge in [-0.3, -0.25) is 0 Å². The second kappa shape index (κ2) is 6.07. The summed E-state index contributed by atoms with van der Waals surface area (Å²) in [6.45, 7) is 0.651. The minimum Gasteiger partial charge on any atom is -0.309 e. The molecule has 1 fully saturated rings. The Morgan fingerprint density at radius 3 is 3.06 bits per heavy atom. The normalized spacial score (nSPS) is 24.2. The smallest absolute Gasteiger partial charge is 0.123 e. The standard InChI is InChI=1S/C13H17ClFNS/c1-17-13-4-2-3-12(13)16-8-9-7-10(15)5-6-11(9)14/h5-7,12-13,16H,2-4,8H2,1H3. The number of nitrogens with one attached hydrogen (secondary N) is 1. The number of rotatable bonds is 4. The Kier molecular flexibility index (Phi) is 4.71. The van der Waals surface area contributed by atoms with Crippen molar-refractivity contribution >= 4 is 23.4 Å². The molecule has 1 aliphatic rings. The van der Waals surface area contributed by atoms with Gasteiger partial charge in [-0.25, -0.2) is 4.39 Å². The summed E-state index contributed by atoms with van der Waals surface area (Å²) >= 11 is 7.95. The lowest BCUT2D eigenvalue weighted by atomic mass is 10.2. The molecule has 0 saturated heterocycles. The first kappa shape index (κ1) is 13.2. The SMILES string of the molecule is CSC1CCCC1NCc1cc(F)ccc1Cl. The van der Waals surface area contributed by atoms with E-state index in [0.29, 0.717) is 22.9 Å². The van der Waals surface area contributed by atoms with E-state index in [0.717, 1.165) is 5.56 Å². The maximum atomic E-state index is 13.1. The van der Waals surface area contributed by atoms with Crippen molar-refractivity contribution in [3.05, 3.63) is 34.6 Å². The fourth-order valence-corrected chi connectivity index (χ4v) is 3.51. The monoisotopic (exact) mass is 273 g/mol. The quantitative estimate of drug-likeness (QED) is 0.894. The largest absolute Gasteiger partial charge is 0.309 e. The average Bonchev–Trinajstić information content (AvgIpc) is 2.77. The number of hydrogen-bond donors (Lipinski definition) is 1. The molecule has 4 heteroatoms. The van der Waals surface area contributed by atoms with Crippen LogP contribution in [0.4, 0.5) is 4.39 Å². The number of thioether (sulfide) groups is 1.